The van der Waals surface area contributed by atoms with Gasteiger partial charge < -0.3 is 19.1 Å². The van der Waals surface area contributed by atoms with Gasteiger partial charge in [-0.1, -0.05) is 0 Å². The summed E-state index contributed by atoms with van der Waals surface area (Å²) < 4.78 is 7.81. The lowest BCUT2D eigenvalue weighted by Crippen LogP contribution is -2.42. The van der Waals surface area contributed by atoms with Crippen LogP contribution in [0.2, 0.25) is 0 Å². The van der Waals surface area contributed by atoms with Crippen LogP contribution in [0.25, 0.3) is 10.9 Å². The van der Waals surface area contributed by atoms with E-state index in [0.717, 1.165) is 37.1 Å². The molecule has 0 spiro atoms. The highest BCUT2D eigenvalue weighted by atomic mass is 16.6. The smallest absolute Gasteiger partial charge is 0.410 e. The van der Waals surface area contributed by atoms with Crippen molar-refractivity contribution in [1.29, 1.82) is 0 Å². The summed E-state index contributed by atoms with van der Waals surface area (Å²) in [6.07, 6.45) is 5.73. The molecule has 0 bridgehead atoms. The molecule has 0 saturated carbocycles. The van der Waals surface area contributed by atoms with Gasteiger partial charge in [0.15, 0.2) is 0 Å². The van der Waals surface area contributed by atoms with E-state index < -0.39 is 5.60 Å². The number of pyridine rings is 1. The minimum atomic E-state index is -0.444. The maximum Gasteiger partial charge on any atom is 0.410 e. The number of hydrogen-bond acceptors (Lipinski definition) is 4. The van der Waals surface area contributed by atoms with Gasteiger partial charge in [-0.2, -0.15) is 0 Å². The molecule has 0 aromatic carbocycles. The van der Waals surface area contributed by atoms with E-state index in [1.807, 2.05) is 50.9 Å². The highest BCUT2D eigenvalue weighted by molar-refractivity contribution is 5.82. The Bertz CT molecular complexity index is 752. The molecular formula is C19H28N4O2. The van der Waals surface area contributed by atoms with Crippen LogP contribution in [0.3, 0.4) is 0 Å². The predicted octanol–water partition coefficient (Wildman–Crippen LogP) is 3.67. The van der Waals surface area contributed by atoms with Crippen LogP contribution in [-0.4, -0.2) is 53.3 Å². The van der Waals surface area contributed by atoms with Gasteiger partial charge in [0, 0.05) is 57.1 Å². The highest BCUT2D eigenvalue weighted by Crippen LogP contribution is 2.29. The van der Waals surface area contributed by atoms with Gasteiger partial charge in [0.2, 0.25) is 0 Å². The number of carbonyl (C=O) groups excluding carboxylic acids is 1. The van der Waals surface area contributed by atoms with Crippen molar-refractivity contribution in [2.75, 3.05) is 32.1 Å². The van der Waals surface area contributed by atoms with Crippen LogP contribution in [0.1, 0.15) is 39.7 Å². The maximum atomic E-state index is 12.2. The van der Waals surface area contributed by atoms with Crippen molar-refractivity contribution in [3.05, 3.63) is 24.5 Å². The molecule has 136 valence electrons. The normalized spacial score (nSPS) is 16.3. The van der Waals surface area contributed by atoms with Gasteiger partial charge in [0.1, 0.15) is 11.4 Å². The quantitative estimate of drug-likeness (QED) is 0.834. The molecular weight excluding hydrogens is 316 g/mol. The van der Waals surface area contributed by atoms with Crippen molar-refractivity contribution >= 4 is 22.8 Å². The first kappa shape index (κ1) is 17.6. The number of carbonyl (C=O) groups is 1. The third-order valence-corrected chi connectivity index (χ3v) is 4.56. The van der Waals surface area contributed by atoms with E-state index in [1.165, 1.54) is 5.52 Å². The summed E-state index contributed by atoms with van der Waals surface area (Å²) in [5.41, 5.74) is 0.759. The summed E-state index contributed by atoms with van der Waals surface area (Å²) in [6.45, 7) is 7.16. The lowest BCUT2D eigenvalue weighted by molar-refractivity contribution is 0.0190. The molecule has 25 heavy (non-hydrogen) atoms. The monoisotopic (exact) mass is 344 g/mol. The Hall–Kier alpha value is -2.24. The molecule has 6 nitrogen and oxygen atoms in total. The van der Waals surface area contributed by atoms with E-state index in [0.29, 0.717) is 6.04 Å². The number of piperidine rings is 1. The molecule has 1 amide bonds. The molecule has 2 aromatic heterocycles. The molecule has 3 rings (SSSR count). The third-order valence-electron chi connectivity index (χ3n) is 4.56. The number of aromatic nitrogens is 2. The Morgan fingerprint density at radius 2 is 1.96 bits per heavy atom. The van der Waals surface area contributed by atoms with Crippen LogP contribution in [-0.2, 0) is 4.74 Å². The second-order valence-electron chi connectivity index (χ2n) is 7.92. The Balaban J connectivity index is 1.72. The maximum absolute atomic E-state index is 12.2. The lowest BCUT2D eigenvalue weighted by Gasteiger charge is -2.34. The van der Waals surface area contributed by atoms with Gasteiger partial charge in [-0.3, -0.25) is 0 Å². The molecule has 0 unspecified atom stereocenters. The zero-order valence-corrected chi connectivity index (χ0v) is 15.8. The number of hydrogen-bond donors (Lipinski definition) is 0. The van der Waals surface area contributed by atoms with Crippen LogP contribution >= 0.6 is 0 Å². The molecule has 0 N–H and O–H groups in total. The molecule has 2 aromatic rings. The fourth-order valence-corrected chi connectivity index (χ4v) is 3.25. The molecule has 0 atom stereocenters. The second-order valence-corrected chi connectivity index (χ2v) is 7.92. The van der Waals surface area contributed by atoms with Crippen molar-refractivity contribution in [2.45, 2.75) is 45.3 Å². The summed E-state index contributed by atoms with van der Waals surface area (Å²) in [5, 5.41) is 1.15. The van der Waals surface area contributed by atoms with E-state index in [2.05, 4.69) is 27.9 Å². The summed E-state index contributed by atoms with van der Waals surface area (Å²) in [6, 6.07) is 4.64. The van der Waals surface area contributed by atoms with E-state index >= 15 is 0 Å². The fraction of sp³-hybridized carbons (Fsp3) is 0.579. The van der Waals surface area contributed by atoms with E-state index in [4.69, 9.17) is 4.74 Å². The zero-order chi connectivity index (χ0) is 18.2. The molecule has 1 fully saturated rings. The van der Waals surface area contributed by atoms with E-state index in [1.54, 1.807) is 0 Å². The van der Waals surface area contributed by atoms with Crippen LogP contribution in [0.15, 0.2) is 24.5 Å². The molecule has 0 radical (unpaired) electrons. The first-order chi connectivity index (χ1) is 11.7. The topological polar surface area (TPSA) is 50.6 Å². The largest absolute Gasteiger partial charge is 0.444 e. The Kier molecular flexibility index (Phi) is 4.62. The minimum absolute atomic E-state index is 0.206. The average molecular weight is 344 g/mol. The zero-order valence-electron chi connectivity index (χ0n) is 15.8. The second kappa shape index (κ2) is 6.58. The first-order valence-corrected chi connectivity index (χ1v) is 8.86. The van der Waals surface area contributed by atoms with Crippen LogP contribution < -0.4 is 4.90 Å². The van der Waals surface area contributed by atoms with E-state index in [9.17, 15) is 4.79 Å². The molecule has 1 saturated heterocycles. The van der Waals surface area contributed by atoms with E-state index in [-0.39, 0.29) is 6.09 Å². The van der Waals surface area contributed by atoms with Crippen molar-refractivity contribution < 1.29 is 9.53 Å². The number of amides is 1. The van der Waals surface area contributed by atoms with Crippen molar-refractivity contribution in [3.63, 3.8) is 0 Å². The molecule has 6 heteroatoms. The van der Waals surface area contributed by atoms with Crippen LogP contribution in [0.5, 0.6) is 0 Å². The van der Waals surface area contributed by atoms with Gasteiger partial charge in [0.05, 0.1) is 5.52 Å². The van der Waals surface area contributed by atoms with Crippen LogP contribution in [0, 0.1) is 0 Å². The summed E-state index contributed by atoms with van der Waals surface area (Å²) in [7, 11) is 4.00. The average Bonchev–Trinajstić information content (AvgIpc) is 2.96. The SMILES string of the molecule is CN(C)c1cc2c(ccn2C2CCN(C(=O)OC(C)(C)C)CC2)cn1. The molecule has 3 heterocycles. The van der Waals surface area contributed by atoms with Crippen molar-refractivity contribution in [1.82, 2.24) is 14.5 Å². The Labute approximate surface area is 149 Å². The highest BCUT2D eigenvalue weighted by Gasteiger charge is 2.27. The van der Waals surface area contributed by atoms with Gasteiger partial charge in [0.25, 0.3) is 0 Å². The molecule has 1 aliphatic rings. The number of ether oxygens (including phenoxy) is 1. The number of fused-ring (bicyclic) bond motifs is 1. The van der Waals surface area contributed by atoms with Gasteiger partial charge in [-0.15, -0.1) is 0 Å². The first-order valence-electron chi connectivity index (χ1n) is 8.86. The van der Waals surface area contributed by atoms with Crippen LogP contribution in [0.4, 0.5) is 10.6 Å². The van der Waals surface area contributed by atoms with Crippen molar-refractivity contribution in [2.24, 2.45) is 0 Å². The summed E-state index contributed by atoms with van der Waals surface area (Å²) >= 11 is 0. The predicted molar refractivity (Wildman–Crippen MR) is 100 cm³/mol. The third kappa shape index (κ3) is 3.89. The molecule has 1 aliphatic heterocycles. The fourth-order valence-electron chi connectivity index (χ4n) is 3.25. The minimum Gasteiger partial charge on any atom is -0.444 e. The lowest BCUT2D eigenvalue weighted by atomic mass is 10.0. The standard InChI is InChI=1S/C19H28N4O2/c1-19(2,3)25-18(24)22-9-7-15(8-10-22)23-11-6-14-13-20-17(21(4)5)12-16(14)23/h6,11-13,15H,7-10H2,1-5H3. The van der Waals surface area contributed by atoms with Gasteiger partial charge in [-0.05, 0) is 39.7 Å². The summed E-state index contributed by atoms with van der Waals surface area (Å²) in [4.78, 5) is 20.5. The number of anilines is 1. The van der Waals surface area contributed by atoms with Crippen molar-refractivity contribution in [3.8, 4) is 0 Å². The van der Waals surface area contributed by atoms with Gasteiger partial charge in [-0.25, -0.2) is 9.78 Å². The Morgan fingerprint density at radius 3 is 2.56 bits per heavy atom. The number of rotatable bonds is 2. The summed E-state index contributed by atoms with van der Waals surface area (Å²) in [5.74, 6) is 0.957. The van der Waals surface area contributed by atoms with Gasteiger partial charge >= 0.3 is 6.09 Å². The number of nitrogens with zero attached hydrogens (tertiary/aromatic N) is 4. The number of likely N-dealkylation sites (tertiary alicyclic amines) is 1. The molecule has 0 aliphatic carbocycles. The Morgan fingerprint density at radius 1 is 1.28 bits per heavy atom.